The maximum absolute atomic E-state index is 11.4. The number of ether oxygens (including phenoxy) is 1. The average Bonchev–Trinajstić information content (AvgIpc) is 2.39. The molecule has 0 saturated carbocycles. The van der Waals surface area contributed by atoms with Crippen LogP contribution in [0.25, 0.3) is 0 Å². The number of aromatic nitrogens is 1. The molecule has 0 spiro atoms. The lowest BCUT2D eigenvalue weighted by molar-refractivity contribution is 0.0519. The SMILES string of the molecule is CC.CCOC(=O)c1nc(CO)c(Cl)c(Cl)c1Cl. The second kappa shape index (κ2) is 8.53. The van der Waals surface area contributed by atoms with Crippen molar-refractivity contribution < 1.29 is 14.6 Å². The van der Waals surface area contributed by atoms with Crippen molar-refractivity contribution in [2.24, 2.45) is 0 Å². The molecule has 1 aromatic rings. The highest BCUT2D eigenvalue weighted by atomic mass is 35.5. The van der Waals surface area contributed by atoms with Gasteiger partial charge >= 0.3 is 5.97 Å². The zero-order valence-corrected chi connectivity index (χ0v) is 12.5. The van der Waals surface area contributed by atoms with Crippen molar-refractivity contribution in [1.82, 2.24) is 4.98 Å². The number of nitrogens with zero attached hydrogens (tertiary/aromatic N) is 1. The highest BCUT2D eigenvalue weighted by Gasteiger charge is 2.21. The molecule has 0 amide bonds. The summed E-state index contributed by atoms with van der Waals surface area (Å²) in [6, 6.07) is 0. The zero-order valence-electron chi connectivity index (χ0n) is 10.3. The van der Waals surface area contributed by atoms with Gasteiger partial charge in [-0.25, -0.2) is 9.78 Å². The highest BCUT2D eigenvalue weighted by molar-refractivity contribution is 6.49. The molecule has 1 heterocycles. The summed E-state index contributed by atoms with van der Waals surface area (Å²) in [4.78, 5) is 15.2. The van der Waals surface area contributed by atoms with Gasteiger partial charge in [-0.05, 0) is 6.92 Å². The standard InChI is InChI=1S/C9H8Cl3NO3.C2H6/c1-2-16-9(15)8-7(12)6(11)5(10)4(3-14)13-8;1-2/h14H,2-3H2,1H3;1-2H3. The Kier molecular flexibility index (Phi) is 8.27. The minimum absolute atomic E-state index is 0.0227. The van der Waals surface area contributed by atoms with E-state index in [0.717, 1.165) is 0 Å². The number of halogens is 3. The van der Waals surface area contributed by atoms with Gasteiger partial charge in [-0.15, -0.1) is 0 Å². The number of carbonyl (C=O) groups is 1. The Bertz CT molecular complexity index is 424. The normalized spacial score (nSPS) is 9.50. The fraction of sp³-hybridized carbons (Fsp3) is 0.455. The molecule has 7 heteroatoms. The van der Waals surface area contributed by atoms with Gasteiger partial charge in [-0.1, -0.05) is 48.7 Å². The number of hydrogen-bond donors (Lipinski definition) is 1. The predicted molar refractivity (Wildman–Crippen MR) is 72.5 cm³/mol. The summed E-state index contributed by atoms with van der Waals surface area (Å²) in [6.45, 7) is 5.39. The van der Waals surface area contributed by atoms with Crippen LogP contribution in [-0.4, -0.2) is 22.7 Å². The summed E-state index contributed by atoms with van der Waals surface area (Å²) in [5.41, 5.74) is -0.0684. The first-order valence-corrected chi connectivity index (χ1v) is 6.47. The van der Waals surface area contributed by atoms with Crippen LogP contribution in [-0.2, 0) is 11.3 Å². The van der Waals surface area contributed by atoms with Gasteiger partial charge in [-0.3, -0.25) is 0 Å². The van der Waals surface area contributed by atoms with Gasteiger partial charge in [0.1, 0.15) is 0 Å². The van der Waals surface area contributed by atoms with Crippen molar-refractivity contribution >= 4 is 40.8 Å². The number of aliphatic hydroxyl groups is 1. The van der Waals surface area contributed by atoms with E-state index in [-0.39, 0.29) is 33.1 Å². The maximum atomic E-state index is 11.4. The van der Waals surface area contributed by atoms with Crippen LogP contribution in [0.5, 0.6) is 0 Å². The molecule has 1 N–H and O–H groups in total. The molecule has 102 valence electrons. The van der Waals surface area contributed by atoms with Gasteiger partial charge < -0.3 is 9.84 Å². The third-order valence-corrected chi connectivity index (χ3v) is 3.06. The van der Waals surface area contributed by atoms with Gasteiger partial charge in [0.25, 0.3) is 0 Å². The lowest BCUT2D eigenvalue weighted by Crippen LogP contribution is -2.10. The molecule has 1 aromatic heterocycles. The quantitative estimate of drug-likeness (QED) is 0.863. The van der Waals surface area contributed by atoms with Crippen LogP contribution in [0.15, 0.2) is 0 Å². The largest absolute Gasteiger partial charge is 0.461 e. The first-order chi connectivity index (χ1) is 8.52. The highest BCUT2D eigenvalue weighted by Crippen LogP contribution is 2.34. The molecule has 1 rings (SSSR count). The van der Waals surface area contributed by atoms with Gasteiger partial charge in [0.15, 0.2) is 5.69 Å². The lowest BCUT2D eigenvalue weighted by Gasteiger charge is -2.09. The molecule has 0 aromatic carbocycles. The molecule has 0 bridgehead atoms. The van der Waals surface area contributed by atoms with E-state index in [1.807, 2.05) is 13.8 Å². The fourth-order valence-corrected chi connectivity index (χ4v) is 1.66. The molecule has 0 radical (unpaired) electrons. The van der Waals surface area contributed by atoms with Crippen LogP contribution in [0.4, 0.5) is 0 Å². The molecule has 0 aliphatic heterocycles. The van der Waals surface area contributed by atoms with Crippen LogP contribution in [0.1, 0.15) is 37.0 Å². The van der Waals surface area contributed by atoms with Crippen molar-refractivity contribution in [3.8, 4) is 0 Å². The van der Waals surface area contributed by atoms with Crippen molar-refractivity contribution in [2.45, 2.75) is 27.4 Å². The van der Waals surface area contributed by atoms with Gasteiger partial charge in [0.05, 0.1) is 34.0 Å². The summed E-state index contributed by atoms with van der Waals surface area (Å²) in [6.07, 6.45) is 0. The second-order valence-electron chi connectivity index (χ2n) is 2.73. The Morgan fingerprint density at radius 1 is 1.22 bits per heavy atom. The summed E-state index contributed by atoms with van der Waals surface area (Å²) < 4.78 is 4.73. The monoisotopic (exact) mass is 313 g/mol. The lowest BCUT2D eigenvalue weighted by atomic mass is 10.3. The average molecular weight is 315 g/mol. The van der Waals surface area contributed by atoms with E-state index in [4.69, 9.17) is 44.6 Å². The third kappa shape index (κ3) is 3.99. The molecule has 0 unspecified atom stereocenters. The van der Waals surface area contributed by atoms with E-state index in [0.29, 0.717) is 0 Å². The van der Waals surface area contributed by atoms with Gasteiger partial charge in [0, 0.05) is 0 Å². The summed E-state index contributed by atoms with van der Waals surface area (Å²) in [7, 11) is 0. The Morgan fingerprint density at radius 3 is 2.22 bits per heavy atom. The summed E-state index contributed by atoms with van der Waals surface area (Å²) in [5.74, 6) is -0.708. The Labute approximate surface area is 121 Å². The maximum Gasteiger partial charge on any atom is 0.358 e. The Balaban J connectivity index is 0.00000137. The molecular formula is C11H14Cl3NO3. The molecular weight excluding hydrogens is 300 g/mol. The smallest absolute Gasteiger partial charge is 0.358 e. The number of rotatable bonds is 3. The van der Waals surface area contributed by atoms with Crippen molar-refractivity contribution in [1.29, 1.82) is 0 Å². The Hall–Kier alpha value is -0.550. The van der Waals surface area contributed by atoms with Crippen molar-refractivity contribution in [3.05, 3.63) is 26.5 Å². The molecule has 0 aliphatic rings. The van der Waals surface area contributed by atoms with Crippen LogP contribution in [0, 0.1) is 0 Å². The molecule has 0 fully saturated rings. The van der Waals surface area contributed by atoms with E-state index < -0.39 is 12.6 Å². The second-order valence-corrected chi connectivity index (χ2v) is 3.86. The Morgan fingerprint density at radius 2 is 1.78 bits per heavy atom. The number of aliphatic hydroxyl groups excluding tert-OH is 1. The first kappa shape index (κ1) is 17.4. The van der Waals surface area contributed by atoms with E-state index in [1.165, 1.54) is 0 Å². The topological polar surface area (TPSA) is 59.4 Å². The molecule has 0 atom stereocenters. The van der Waals surface area contributed by atoms with E-state index in [1.54, 1.807) is 6.92 Å². The number of carbonyl (C=O) groups excluding carboxylic acids is 1. The van der Waals surface area contributed by atoms with Gasteiger partial charge in [0.2, 0.25) is 0 Å². The molecule has 0 saturated heterocycles. The van der Waals surface area contributed by atoms with Crippen LogP contribution < -0.4 is 0 Å². The number of pyridine rings is 1. The van der Waals surface area contributed by atoms with E-state index in [9.17, 15) is 4.79 Å². The van der Waals surface area contributed by atoms with Crippen LogP contribution in [0.3, 0.4) is 0 Å². The van der Waals surface area contributed by atoms with E-state index in [2.05, 4.69) is 4.98 Å². The fourth-order valence-electron chi connectivity index (χ4n) is 1.000. The molecule has 4 nitrogen and oxygen atoms in total. The first-order valence-electron chi connectivity index (χ1n) is 5.34. The van der Waals surface area contributed by atoms with Crippen molar-refractivity contribution in [2.75, 3.05) is 6.61 Å². The molecule has 0 aliphatic carbocycles. The summed E-state index contributed by atoms with van der Waals surface area (Å²) in [5, 5.41) is 8.89. The summed E-state index contributed by atoms with van der Waals surface area (Å²) >= 11 is 17.3. The van der Waals surface area contributed by atoms with Gasteiger partial charge in [-0.2, -0.15) is 0 Å². The third-order valence-electron chi connectivity index (χ3n) is 1.71. The number of esters is 1. The number of hydrogen-bond acceptors (Lipinski definition) is 4. The van der Waals surface area contributed by atoms with Crippen LogP contribution in [0.2, 0.25) is 15.1 Å². The van der Waals surface area contributed by atoms with Crippen molar-refractivity contribution in [3.63, 3.8) is 0 Å². The predicted octanol–water partition coefficient (Wildman–Crippen LogP) is 3.74. The van der Waals surface area contributed by atoms with E-state index >= 15 is 0 Å². The van der Waals surface area contributed by atoms with Crippen LogP contribution >= 0.6 is 34.8 Å². The molecule has 18 heavy (non-hydrogen) atoms. The minimum Gasteiger partial charge on any atom is -0.461 e. The zero-order chi connectivity index (χ0) is 14.3. The minimum atomic E-state index is -0.708.